The van der Waals surface area contributed by atoms with E-state index in [1.54, 1.807) is 0 Å². The largest absolute Gasteiger partial charge is 0.301 e. The Kier molecular flexibility index (Phi) is 5.94. The van der Waals surface area contributed by atoms with Gasteiger partial charge in [0.25, 0.3) is 0 Å². The lowest BCUT2D eigenvalue weighted by Gasteiger charge is -2.33. The van der Waals surface area contributed by atoms with Crippen molar-refractivity contribution in [2.45, 2.75) is 64.0 Å². The fourth-order valence-electron chi connectivity index (χ4n) is 2.85. The molecule has 3 nitrogen and oxygen atoms in total. The zero-order chi connectivity index (χ0) is 12.7. The van der Waals surface area contributed by atoms with E-state index >= 15 is 0 Å². The number of nitrogens with one attached hydrogen (secondary N) is 1. The molecular weight excluding hydrogens is 210 g/mol. The second kappa shape index (κ2) is 6.98. The van der Waals surface area contributed by atoms with Crippen molar-refractivity contribution < 1.29 is 0 Å². The Balaban J connectivity index is 2.51. The van der Waals surface area contributed by atoms with Crippen LogP contribution in [-0.4, -0.2) is 36.6 Å². The Labute approximate surface area is 106 Å². The van der Waals surface area contributed by atoms with Gasteiger partial charge in [0.15, 0.2) is 0 Å². The molecule has 1 unspecified atom stereocenters. The number of hydrogen-bond donors (Lipinski definition) is 1. The number of hydrogen-bond acceptors (Lipinski definition) is 3. The lowest BCUT2D eigenvalue weighted by atomic mass is 10.0. The first-order valence-corrected chi connectivity index (χ1v) is 6.98. The van der Waals surface area contributed by atoms with E-state index in [-0.39, 0.29) is 0 Å². The van der Waals surface area contributed by atoms with Crippen LogP contribution < -0.4 is 5.32 Å². The van der Waals surface area contributed by atoms with Crippen molar-refractivity contribution >= 4 is 0 Å². The molecular formula is C14H27N3. The molecule has 1 aliphatic carbocycles. The Morgan fingerprint density at radius 2 is 1.88 bits per heavy atom. The van der Waals surface area contributed by atoms with Crippen LogP contribution in [0, 0.1) is 11.3 Å². The predicted octanol–water partition coefficient (Wildman–Crippen LogP) is 2.53. The highest BCUT2D eigenvalue weighted by Crippen LogP contribution is 2.22. The Bertz CT molecular complexity index is 251. The van der Waals surface area contributed by atoms with Gasteiger partial charge < -0.3 is 4.90 Å². The van der Waals surface area contributed by atoms with Crippen LogP contribution in [0.5, 0.6) is 0 Å². The molecule has 0 aliphatic heterocycles. The van der Waals surface area contributed by atoms with Gasteiger partial charge in [-0.2, -0.15) is 5.26 Å². The molecule has 1 saturated carbocycles. The second-order valence-electron chi connectivity index (χ2n) is 5.53. The van der Waals surface area contributed by atoms with E-state index in [4.69, 9.17) is 0 Å². The lowest BCUT2D eigenvalue weighted by Crippen LogP contribution is -2.51. The molecule has 0 saturated heterocycles. The quantitative estimate of drug-likeness (QED) is 0.747. The van der Waals surface area contributed by atoms with Crippen LogP contribution in [0.2, 0.25) is 0 Å². The lowest BCUT2D eigenvalue weighted by molar-refractivity contribution is 0.183. The van der Waals surface area contributed by atoms with Gasteiger partial charge in [-0.05, 0) is 33.4 Å². The molecule has 0 heterocycles. The summed E-state index contributed by atoms with van der Waals surface area (Å²) in [5.74, 6) is 0. The maximum atomic E-state index is 9.28. The van der Waals surface area contributed by atoms with Crippen molar-refractivity contribution in [3.8, 4) is 6.07 Å². The van der Waals surface area contributed by atoms with Crippen molar-refractivity contribution in [1.29, 1.82) is 5.26 Å². The summed E-state index contributed by atoms with van der Waals surface area (Å²) in [5, 5.41) is 12.6. The number of rotatable bonds is 5. The predicted molar refractivity (Wildman–Crippen MR) is 71.8 cm³/mol. The number of nitrogens with zero attached hydrogens (tertiary/aromatic N) is 2. The first kappa shape index (κ1) is 14.5. The van der Waals surface area contributed by atoms with E-state index in [0.717, 1.165) is 13.1 Å². The molecule has 0 aromatic rings. The minimum Gasteiger partial charge on any atom is -0.301 e. The molecule has 0 spiro atoms. The third-order valence-corrected chi connectivity index (χ3v) is 3.83. The summed E-state index contributed by atoms with van der Waals surface area (Å²) >= 11 is 0. The van der Waals surface area contributed by atoms with Crippen molar-refractivity contribution in [1.82, 2.24) is 10.2 Å². The van der Waals surface area contributed by atoms with Gasteiger partial charge in [0, 0.05) is 12.6 Å². The molecule has 0 radical (unpaired) electrons. The van der Waals surface area contributed by atoms with Crippen LogP contribution in [0.4, 0.5) is 0 Å². The van der Waals surface area contributed by atoms with Gasteiger partial charge in [-0.1, -0.05) is 32.6 Å². The van der Waals surface area contributed by atoms with Gasteiger partial charge in [0.05, 0.1) is 6.07 Å². The average Bonchev–Trinajstić information content (AvgIpc) is 2.57. The molecule has 17 heavy (non-hydrogen) atoms. The van der Waals surface area contributed by atoms with Crippen LogP contribution in [-0.2, 0) is 0 Å². The highest BCUT2D eigenvalue weighted by Gasteiger charge is 2.27. The maximum Gasteiger partial charge on any atom is 0.116 e. The average molecular weight is 237 g/mol. The van der Waals surface area contributed by atoms with E-state index in [1.807, 2.05) is 6.92 Å². The number of likely N-dealkylation sites (N-methyl/N-ethyl adjacent to an activating group) is 2. The zero-order valence-electron chi connectivity index (χ0n) is 11.6. The van der Waals surface area contributed by atoms with Crippen molar-refractivity contribution in [3.05, 3.63) is 0 Å². The van der Waals surface area contributed by atoms with E-state index in [0.29, 0.717) is 6.04 Å². The summed E-state index contributed by atoms with van der Waals surface area (Å²) < 4.78 is 0. The summed E-state index contributed by atoms with van der Waals surface area (Å²) in [6.07, 6.45) is 8.05. The Morgan fingerprint density at radius 1 is 1.29 bits per heavy atom. The molecule has 1 N–H and O–H groups in total. The van der Waals surface area contributed by atoms with Crippen LogP contribution in [0.25, 0.3) is 0 Å². The smallest absolute Gasteiger partial charge is 0.116 e. The molecule has 98 valence electrons. The third kappa shape index (κ3) is 4.65. The molecule has 0 aromatic carbocycles. The Morgan fingerprint density at radius 3 is 2.35 bits per heavy atom. The van der Waals surface area contributed by atoms with Gasteiger partial charge in [-0.3, -0.25) is 5.32 Å². The van der Waals surface area contributed by atoms with Gasteiger partial charge in [-0.25, -0.2) is 0 Å². The molecule has 0 aromatic heterocycles. The van der Waals surface area contributed by atoms with Crippen LogP contribution in [0.1, 0.15) is 52.4 Å². The van der Waals surface area contributed by atoms with Crippen LogP contribution in [0.15, 0.2) is 0 Å². The van der Waals surface area contributed by atoms with Crippen molar-refractivity contribution in [2.24, 2.45) is 0 Å². The molecule has 1 rings (SSSR count). The first-order valence-electron chi connectivity index (χ1n) is 6.98. The minimum atomic E-state index is -0.407. The van der Waals surface area contributed by atoms with Gasteiger partial charge in [0.2, 0.25) is 0 Å². The summed E-state index contributed by atoms with van der Waals surface area (Å²) in [4.78, 5) is 2.39. The van der Waals surface area contributed by atoms with E-state index < -0.39 is 5.54 Å². The zero-order valence-corrected chi connectivity index (χ0v) is 11.6. The summed E-state index contributed by atoms with van der Waals surface area (Å²) in [7, 11) is 2.17. The fraction of sp³-hybridized carbons (Fsp3) is 0.929. The molecule has 0 bridgehead atoms. The van der Waals surface area contributed by atoms with E-state index in [1.165, 1.54) is 38.5 Å². The summed E-state index contributed by atoms with van der Waals surface area (Å²) in [6.45, 7) is 5.73. The SMILES string of the molecule is CCNC(C)(C#N)CN(C)C1CCCCCC1. The maximum absolute atomic E-state index is 9.28. The van der Waals surface area contributed by atoms with Crippen LogP contribution >= 0.6 is 0 Å². The Hall–Kier alpha value is -0.590. The molecule has 1 aliphatic rings. The normalized spacial score (nSPS) is 21.8. The standard InChI is InChI=1S/C14H27N3/c1-4-16-14(2,11-15)12-17(3)13-9-7-5-6-8-10-13/h13,16H,4-10,12H2,1-3H3. The topological polar surface area (TPSA) is 39.1 Å². The third-order valence-electron chi connectivity index (χ3n) is 3.83. The van der Waals surface area contributed by atoms with Gasteiger partial charge in [0.1, 0.15) is 5.54 Å². The summed E-state index contributed by atoms with van der Waals surface area (Å²) in [6, 6.07) is 3.08. The van der Waals surface area contributed by atoms with Gasteiger partial charge >= 0.3 is 0 Å². The highest BCUT2D eigenvalue weighted by atomic mass is 15.2. The monoisotopic (exact) mass is 237 g/mol. The number of nitriles is 1. The second-order valence-corrected chi connectivity index (χ2v) is 5.53. The van der Waals surface area contributed by atoms with Gasteiger partial charge in [-0.15, -0.1) is 0 Å². The molecule has 0 amide bonds. The molecule has 1 atom stereocenters. The van der Waals surface area contributed by atoms with Crippen molar-refractivity contribution in [2.75, 3.05) is 20.1 Å². The fourth-order valence-corrected chi connectivity index (χ4v) is 2.85. The molecule has 1 fully saturated rings. The minimum absolute atomic E-state index is 0.407. The van der Waals surface area contributed by atoms with E-state index in [9.17, 15) is 5.26 Å². The van der Waals surface area contributed by atoms with Crippen LogP contribution in [0.3, 0.4) is 0 Å². The molecule has 3 heteroatoms. The summed E-state index contributed by atoms with van der Waals surface area (Å²) in [5.41, 5.74) is -0.407. The van der Waals surface area contributed by atoms with Crippen molar-refractivity contribution in [3.63, 3.8) is 0 Å². The highest BCUT2D eigenvalue weighted by molar-refractivity contribution is 5.05. The first-order chi connectivity index (χ1) is 8.11. The van der Waals surface area contributed by atoms with E-state index in [2.05, 4.69) is 30.3 Å².